The number of halogens is 3. The van der Waals surface area contributed by atoms with Gasteiger partial charge in [-0.1, -0.05) is 34.8 Å². The predicted octanol–water partition coefficient (Wildman–Crippen LogP) is 7.00. The topological polar surface area (TPSA) is 64.1 Å². The summed E-state index contributed by atoms with van der Waals surface area (Å²) in [6.45, 7) is 1.86. The van der Waals surface area contributed by atoms with Crippen LogP contribution in [0.3, 0.4) is 0 Å². The van der Waals surface area contributed by atoms with Crippen molar-refractivity contribution in [3.8, 4) is 11.8 Å². The first-order chi connectivity index (χ1) is 13.9. The lowest BCUT2D eigenvalue weighted by Crippen LogP contribution is -2.11. The Balaban J connectivity index is 1.58. The summed E-state index contributed by atoms with van der Waals surface area (Å²) >= 11 is 19.9. The van der Waals surface area contributed by atoms with Gasteiger partial charge in [0, 0.05) is 33.2 Å². The fourth-order valence-electron chi connectivity index (χ4n) is 2.72. The van der Waals surface area contributed by atoms with Gasteiger partial charge < -0.3 is 10.1 Å². The van der Waals surface area contributed by atoms with Crippen molar-refractivity contribution in [3.63, 3.8) is 0 Å². The second-order valence-corrected chi connectivity index (χ2v) is 8.34. The van der Waals surface area contributed by atoms with Crippen molar-refractivity contribution in [1.82, 2.24) is 9.97 Å². The Labute approximate surface area is 185 Å². The Kier molecular flexibility index (Phi) is 5.61. The fraction of sp³-hybridized carbons (Fsp3) is 0.0500. The van der Waals surface area contributed by atoms with Crippen molar-refractivity contribution < 1.29 is 9.53 Å². The number of ether oxygens (including phenoxy) is 1. The van der Waals surface area contributed by atoms with Crippen molar-refractivity contribution in [2.45, 2.75) is 6.92 Å². The highest BCUT2D eigenvalue weighted by Crippen LogP contribution is 2.41. The molecule has 1 N–H and O–H groups in total. The third-order valence-electron chi connectivity index (χ3n) is 4.05. The number of nitrogens with zero attached hydrogens (tertiary/aromatic N) is 2. The molecule has 1 amide bonds. The molecule has 29 heavy (non-hydrogen) atoms. The summed E-state index contributed by atoms with van der Waals surface area (Å²) in [7, 11) is 0. The number of amides is 1. The second kappa shape index (κ2) is 8.16. The van der Waals surface area contributed by atoms with Crippen molar-refractivity contribution >= 4 is 67.8 Å². The Hall–Kier alpha value is -2.38. The number of thiophene rings is 1. The number of hydrogen-bond acceptors (Lipinski definition) is 5. The normalized spacial score (nSPS) is 10.9. The van der Waals surface area contributed by atoms with Crippen LogP contribution in [0, 0.1) is 6.92 Å². The van der Waals surface area contributed by atoms with Crippen LogP contribution in [-0.2, 0) is 0 Å². The zero-order valence-corrected chi connectivity index (χ0v) is 18.0. The number of aromatic nitrogens is 2. The second-order valence-electron chi connectivity index (χ2n) is 6.07. The van der Waals surface area contributed by atoms with Gasteiger partial charge in [-0.25, -0.2) is 9.97 Å². The molecule has 0 saturated heterocycles. The molecule has 2 heterocycles. The van der Waals surface area contributed by atoms with Gasteiger partial charge in [-0.05, 0) is 48.9 Å². The molecule has 2 aromatic carbocycles. The molecule has 146 valence electrons. The van der Waals surface area contributed by atoms with E-state index in [1.54, 1.807) is 48.8 Å². The van der Waals surface area contributed by atoms with E-state index < -0.39 is 0 Å². The lowest BCUT2D eigenvalue weighted by atomic mass is 10.2. The first kappa shape index (κ1) is 19.9. The van der Waals surface area contributed by atoms with Crippen molar-refractivity contribution in [2.75, 3.05) is 5.32 Å². The van der Waals surface area contributed by atoms with Gasteiger partial charge in [-0.3, -0.25) is 4.79 Å². The Morgan fingerprint density at radius 3 is 2.59 bits per heavy atom. The van der Waals surface area contributed by atoms with Gasteiger partial charge in [0.25, 0.3) is 5.91 Å². The Bertz CT molecular complexity index is 1230. The summed E-state index contributed by atoms with van der Waals surface area (Å²) in [5.74, 6) is 0.236. The number of aryl methyl sites for hydroxylation is 1. The summed E-state index contributed by atoms with van der Waals surface area (Å²) in [5.41, 5.74) is 1.44. The Morgan fingerprint density at radius 1 is 1.10 bits per heavy atom. The number of benzene rings is 2. The summed E-state index contributed by atoms with van der Waals surface area (Å²) in [6.07, 6.45) is 3.19. The molecule has 0 fully saturated rings. The van der Waals surface area contributed by atoms with Crippen LogP contribution in [0.1, 0.15) is 15.2 Å². The monoisotopic (exact) mass is 463 g/mol. The smallest absolute Gasteiger partial charge is 0.321 e. The molecule has 4 rings (SSSR count). The minimum Gasteiger partial charge on any atom is -0.424 e. The van der Waals surface area contributed by atoms with E-state index in [0.29, 0.717) is 36.8 Å². The van der Waals surface area contributed by atoms with Gasteiger partial charge >= 0.3 is 6.01 Å². The van der Waals surface area contributed by atoms with E-state index in [4.69, 9.17) is 39.5 Å². The zero-order chi connectivity index (χ0) is 20.5. The maximum Gasteiger partial charge on any atom is 0.321 e. The molecular formula is C20H12Cl3N3O2S. The molecule has 4 aromatic rings. The molecule has 2 aromatic heterocycles. The van der Waals surface area contributed by atoms with E-state index in [-0.39, 0.29) is 11.9 Å². The van der Waals surface area contributed by atoms with Crippen LogP contribution in [0.5, 0.6) is 11.8 Å². The van der Waals surface area contributed by atoms with Crippen LogP contribution in [0.2, 0.25) is 15.1 Å². The minimum atomic E-state index is -0.327. The number of carbonyl (C=O) groups is 1. The molecular weight excluding hydrogens is 453 g/mol. The number of hydrogen-bond donors (Lipinski definition) is 1. The fourth-order valence-corrected chi connectivity index (χ4v) is 4.99. The van der Waals surface area contributed by atoms with Gasteiger partial charge in [-0.2, -0.15) is 0 Å². The zero-order valence-electron chi connectivity index (χ0n) is 14.9. The van der Waals surface area contributed by atoms with Crippen LogP contribution in [-0.4, -0.2) is 15.9 Å². The highest BCUT2D eigenvalue weighted by atomic mass is 35.5. The molecule has 0 aliphatic rings. The quantitative estimate of drug-likeness (QED) is 0.353. The molecule has 0 bridgehead atoms. The van der Waals surface area contributed by atoms with Crippen molar-refractivity contribution in [1.29, 1.82) is 0 Å². The van der Waals surface area contributed by atoms with Gasteiger partial charge in [0.1, 0.15) is 10.6 Å². The first-order valence-electron chi connectivity index (χ1n) is 8.36. The molecule has 0 unspecified atom stereocenters. The van der Waals surface area contributed by atoms with E-state index in [9.17, 15) is 4.79 Å². The standard InChI is InChI=1S/C20H12Cl3N3O2S/c1-10-7-12(28-20-24-5-2-6-25-20)3-4-14(10)26-19(27)18-17(23)16-13(22)8-11(21)9-15(16)29-18/h2-9H,1H3,(H,26,27). The predicted molar refractivity (Wildman–Crippen MR) is 118 cm³/mol. The molecule has 0 aliphatic heterocycles. The lowest BCUT2D eigenvalue weighted by molar-refractivity contribution is 0.103. The minimum absolute atomic E-state index is 0.247. The van der Waals surface area contributed by atoms with E-state index in [2.05, 4.69) is 15.3 Å². The molecule has 5 nitrogen and oxygen atoms in total. The van der Waals surface area contributed by atoms with Gasteiger partial charge in [-0.15, -0.1) is 11.3 Å². The molecule has 0 aliphatic carbocycles. The molecule has 0 saturated carbocycles. The van der Waals surface area contributed by atoms with Crippen molar-refractivity contribution in [3.05, 3.63) is 74.3 Å². The third kappa shape index (κ3) is 4.16. The molecule has 0 radical (unpaired) electrons. The lowest BCUT2D eigenvalue weighted by Gasteiger charge is -2.10. The van der Waals surface area contributed by atoms with E-state index >= 15 is 0 Å². The van der Waals surface area contributed by atoms with Crippen LogP contribution in [0.25, 0.3) is 10.1 Å². The average molecular weight is 465 g/mol. The van der Waals surface area contributed by atoms with Crippen molar-refractivity contribution in [2.24, 2.45) is 0 Å². The molecule has 0 spiro atoms. The number of fused-ring (bicyclic) bond motifs is 1. The van der Waals surface area contributed by atoms with Crippen LogP contribution >= 0.6 is 46.1 Å². The number of nitrogens with one attached hydrogen (secondary N) is 1. The molecule has 0 atom stereocenters. The highest BCUT2D eigenvalue weighted by Gasteiger charge is 2.20. The maximum atomic E-state index is 12.8. The van der Waals surface area contributed by atoms with Crippen LogP contribution < -0.4 is 10.1 Å². The summed E-state index contributed by atoms with van der Waals surface area (Å²) < 4.78 is 6.36. The van der Waals surface area contributed by atoms with Crippen LogP contribution in [0.4, 0.5) is 5.69 Å². The third-order valence-corrected chi connectivity index (χ3v) is 6.20. The number of carbonyl (C=O) groups excluding carboxylic acids is 1. The van der Waals surface area contributed by atoms with Gasteiger partial charge in [0.15, 0.2) is 0 Å². The molecule has 9 heteroatoms. The average Bonchev–Trinajstić information content (AvgIpc) is 3.01. The maximum absolute atomic E-state index is 12.8. The summed E-state index contributed by atoms with van der Waals surface area (Å²) in [5, 5.41) is 4.71. The van der Waals surface area contributed by atoms with E-state index in [1.165, 1.54) is 11.3 Å². The van der Waals surface area contributed by atoms with Crippen LogP contribution in [0.15, 0.2) is 48.8 Å². The van der Waals surface area contributed by atoms with E-state index in [0.717, 1.165) is 10.3 Å². The SMILES string of the molecule is Cc1cc(Oc2ncccn2)ccc1NC(=O)c1sc2cc(Cl)cc(Cl)c2c1Cl. The largest absolute Gasteiger partial charge is 0.424 e. The highest BCUT2D eigenvalue weighted by molar-refractivity contribution is 7.21. The summed E-state index contributed by atoms with van der Waals surface area (Å²) in [4.78, 5) is 21.2. The number of rotatable bonds is 4. The first-order valence-corrected chi connectivity index (χ1v) is 10.3. The summed E-state index contributed by atoms with van der Waals surface area (Å²) in [6, 6.07) is 10.5. The van der Waals surface area contributed by atoms with Gasteiger partial charge in [0.05, 0.1) is 10.0 Å². The van der Waals surface area contributed by atoms with E-state index in [1.807, 2.05) is 6.92 Å². The Morgan fingerprint density at radius 2 is 1.86 bits per heavy atom. The number of anilines is 1. The van der Waals surface area contributed by atoms with Gasteiger partial charge in [0.2, 0.25) is 0 Å².